The molecule has 3 saturated heterocycles. The predicted molar refractivity (Wildman–Crippen MR) is 300 cm³/mol. The predicted octanol–water partition coefficient (Wildman–Crippen LogP) is 5.48. The van der Waals surface area contributed by atoms with E-state index in [0.29, 0.717) is 12.8 Å². The third-order valence-electron chi connectivity index (χ3n) is 15.1. The van der Waals surface area contributed by atoms with E-state index in [1.54, 1.807) is 6.08 Å². The Labute approximate surface area is 472 Å². The number of nitrogens with one attached hydrogen (secondary N) is 1. The fourth-order valence-electron chi connectivity index (χ4n) is 10.0. The number of aliphatic hydroxyl groups excluding tert-OH is 11. The molecule has 1 amide bonds. The second-order valence-electron chi connectivity index (χ2n) is 21.8. The van der Waals surface area contributed by atoms with Gasteiger partial charge in [0.1, 0.15) is 73.2 Å². The van der Waals surface area contributed by atoms with Crippen LogP contribution in [0.25, 0.3) is 0 Å². The molecule has 0 aromatic heterocycles. The summed E-state index contributed by atoms with van der Waals surface area (Å²) in [6.45, 7) is 1.66. The molecule has 3 aliphatic heterocycles. The zero-order chi connectivity index (χ0) is 57.6. The Morgan fingerprint density at radius 3 is 1.28 bits per heavy atom. The first-order chi connectivity index (χ1) is 38.3. The number of rotatable bonds is 44. The number of hydrogen-bond donors (Lipinski definition) is 12. The Morgan fingerprint density at radius 1 is 0.443 bits per heavy atom. The molecule has 3 fully saturated rings. The van der Waals surface area contributed by atoms with Crippen LogP contribution in [0.15, 0.2) is 48.6 Å². The van der Waals surface area contributed by atoms with Crippen LogP contribution in [-0.2, 0) is 33.2 Å². The van der Waals surface area contributed by atoms with Gasteiger partial charge in [0, 0.05) is 6.42 Å². The van der Waals surface area contributed by atoms with E-state index in [1.165, 1.54) is 96.3 Å². The van der Waals surface area contributed by atoms with Crippen LogP contribution in [0.2, 0.25) is 0 Å². The Morgan fingerprint density at radius 2 is 0.810 bits per heavy atom. The molecule has 3 rings (SSSR count). The monoisotopic (exact) mass is 1130 g/mol. The summed E-state index contributed by atoms with van der Waals surface area (Å²) in [7, 11) is 0. The van der Waals surface area contributed by atoms with Crippen molar-refractivity contribution in [1.82, 2.24) is 5.32 Å². The lowest BCUT2D eigenvalue weighted by molar-refractivity contribution is -0.379. The van der Waals surface area contributed by atoms with Gasteiger partial charge in [-0.3, -0.25) is 4.79 Å². The van der Waals surface area contributed by atoms with Crippen LogP contribution in [0.1, 0.15) is 194 Å². The third kappa shape index (κ3) is 27.3. The normalized spacial score (nSPS) is 30.6. The van der Waals surface area contributed by atoms with Crippen molar-refractivity contribution in [2.45, 2.75) is 298 Å². The van der Waals surface area contributed by atoms with Gasteiger partial charge in [-0.05, 0) is 70.6 Å². The minimum absolute atomic E-state index is 0.221. The fourth-order valence-corrected chi connectivity index (χ4v) is 10.0. The zero-order valence-electron chi connectivity index (χ0n) is 47.8. The summed E-state index contributed by atoms with van der Waals surface area (Å²) in [4.78, 5) is 13.3. The first kappa shape index (κ1) is 71.0. The highest BCUT2D eigenvalue weighted by Gasteiger charge is 2.53. The van der Waals surface area contributed by atoms with E-state index in [9.17, 15) is 61.0 Å². The van der Waals surface area contributed by atoms with Crippen molar-refractivity contribution < 1.29 is 89.4 Å². The molecule has 12 N–H and O–H groups in total. The maximum Gasteiger partial charge on any atom is 0.220 e. The average molecular weight is 1130 g/mol. The lowest BCUT2D eigenvalue weighted by Gasteiger charge is -2.48. The van der Waals surface area contributed by atoms with Crippen molar-refractivity contribution in [1.29, 1.82) is 0 Å². The van der Waals surface area contributed by atoms with Gasteiger partial charge in [-0.2, -0.15) is 0 Å². The second kappa shape index (κ2) is 43.4. The minimum atomic E-state index is -1.98. The molecule has 0 bridgehead atoms. The highest BCUT2D eigenvalue weighted by molar-refractivity contribution is 5.76. The summed E-state index contributed by atoms with van der Waals surface area (Å²) >= 11 is 0. The molecular formula is C60H107NO18. The molecule has 0 spiro atoms. The highest BCUT2D eigenvalue weighted by Crippen LogP contribution is 2.33. The van der Waals surface area contributed by atoms with Gasteiger partial charge in [-0.1, -0.05) is 165 Å². The number of unbranched alkanes of at least 4 members (excludes halogenated alkanes) is 22. The number of allylic oxidation sites excluding steroid dienone is 7. The van der Waals surface area contributed by atoms with Crippen LogP contribution in [0.5, 0.6) is 0 Å². The number of amides is 1. The van der Waals surface area contributed by atoms with Gasteiger partial charge < -0.3 is 89.9 Å². The molecule has 460 valence electrons. The number of carbonyl (C=O) groups is 1. The molecule has 17 unspecified atom stereocenters. The molecule has 0 aromatic carbocycles. The third-order valence-corrected chi connectivity index (χ3v) is 15.1. The topological polar surface area (TPSA) is 307 Å². The molecule has 0 saturated carbocycles. The lowest BCUT2D eigenvalue weighted by atomic mass is 9.96. The van der Waals surface area contributed by atoms with Crippen LogP contribution in [0.4, 0.5) is 0 Å². The number of aliphatic hydroxyl groups is 11. The van der Waals surface area contributed by atoms with E-state index in [0.717, 1.165) is 64.2 Å². The van der Waals surface area contributed by atoms with Crippen LogP contribution in [0, 0.1) is 0 Å². The van der Waals surface area contributed by atoms with Crippen molar-refractivity contribution in [3.63, 3.8) is 0 Å². The molecule has 3 aliphatic rings. The Kier molecular flexibility index (Phi) is 39.0. The smallest absolute Gasteiger partial charge is 0.220 e. The van der Waals surface area contributed by atoms with Crippen LogP contribution in [-0.4, -0.2) is 193 Å². The maximum atomic E-state index is 13.3. The number of carbonyl (C=O) groups excluding carboxylic acids is 1. The van der Waals surface area contributed by atoms with E-state index >= 15 is 0 Å². The van der Waals surface area contributed by atoms with E-state index in [4.69, 9.17) is 28.4 Å². The molecule has 19 nitrogen and oxygen atoms in total. The van der Waals surface area contributed by atoms with Gasteiger partial charge in [0.25, 0.3) is 0 Å². The Bertz CT molecular complexity index is 1630. The van der Waals surface area contributed by atoms with E-state index in [-0.39, 0.29) is 18.9 Å². The molecular weight excluding hydrogens is 1020 g/mol. The SMILES string of the molecule is CCCCCC/C=C\CCCCCCCC(=O)NC(COC1OC(CO)C(OC2OC(CO)C(OC3OC(CO)C(O)C(O)C3O)C(O)C2O)C(O)C1O)C(O)/C=C/CC/C=C/CC/C=C/CCCCCCCCCCCCC. The molecule has 79 heavy (non-hydrogen) atoms. The van der Waals surface area contributed by atoms with Gasteiger partial charge in [-0.15, -0.1) is 0 Å². The molecule has 0 aromatic rings. The minimum Gasteiger partial charge on any atom is -0.394 e. The van der Waals surface area contributed by atoms with E-state index in [2.05, 4.69) is 55.6 Å². The van der Waals surface area contributed by atoms with Gasteiger partial charge >= 0.3 is 0 Å². The van der Waals surface area contributed by atoms with E-state index in [1.807, 2.05) is 6.08 Å². The van der Waals surface area contributed by atoms with Crippen molar-refractivity contribution in [2.75, 3.05) is 26.4 Å². The first-order valence-electron chi connectivity index (χ1n) is 30.4. The quantitative estimate of drug-likeness (QED) is 0.0265. The summed E-state index contributed by atoms with van der Waals surface area (Å²) in [5.41, 5.74) is 0. The molecule has 17 atom stereocenters. The summed E-state index contributed by atoms with van der Waals surface area (Å²) in [5, 5.41) is 120. The number of hydrogen-bond acceptors (Lipinski definition) is 18. The van der Waals surface area contributed by atoms with Crippen molar-refractivity contribution >= 4 is 5.91 Å². The van der Waals surface area contributed by atoms with E-state index < -0.39 is 124 Å². The average Bonchev–Trinajstić information content (AvgIpc) is 3.55. The lowest BCUT2D eigenvalue weighted by Crippen LogP contribution is -2.66. The van der Waals surface area contributed by atoms with Crippen molar-refractivity contribution in [3.8, 4) is 0 Å². The second-order valence-corrected chi connectivity index (χ2v) is 21.8. The molecule has 19 heteroatoms. The molecule has 0 radical (unpaired) electrons. The summed E-state index contributed by atoms with van der Waals surface area (Å²) in [6, 6.07) is -1.000. The van der Waals surface area contributed by atoms with Crippen LogP contribution < -0.4 is 5.32 Å². The fraction of sp³-hybridized carbons (Fsp3) is 0.850. The number of ether oxygens (including phenoxy) is 6. The molecule has 0 aliphatic carbocycles. The summed E-state index contributed by atoms with van der Waals surface area (Å²) in [5.74, 6) is -0.301. The Hall–Kier alpha value is -2.25. The maximum absolute atomic E-state index is 13.3. The van der Waals surface area contributed by atoms with Gasteiger partial charge in [0.2, 0.25) is 5.91 Å². The van der Waals surface area contributed by atoms with Crippen molar-refractivity contribution in [3.05, 3.63) is 48.6 Å². The molecule has 3 heterocycles. The van der Waals surface area contributed by atoms with Gasteiger partial charge in [0.15, 0.2) is 18.9 Å². The van der Waals surface area contributed by atoms with Gasteiger partial charge in [0.05, 0.1) is 38.6 Å². The highest BCUT2D eigenvalue weighted by atomic mass is 16.8. The zero-order valence-corrected chi connectivity index (χ0v) is 47.8. The van der Waals surface area contributed by atoms with Crippen LogP contribution in [0.3, 0.4) is 0 Å². The standard InChI is InChI=1S/C60H107NO18/c1-3-5-7-9-11-13-15-17-18-19-20-21-22-23-24-26-27-29-31-33-35-37-44(65)43(61-48(66)38-36-34-32-30-28-25-16-14-12-10-8-6-4-2)42-74-58-54(72)51(69)56(46(40-63)76-58)79-60-55(73)52(70)57(47(41-64)77-60)78-59-53(71)50(68)49(67)45(39-62)75-59/h14,16,22-23,27,29,35,37,43-47,49-60,62-65,67-73H,3-13,15,17-21,24-26,28,30-34,36,38-42H2,1-2H3,(H,61,66)/b16-14-,23-22+,29-27+,37-35+. The van der Waals surface area contributed by atoms with Gasteiger partial charge in [-0.25, -0.2) is 0 Å². The summed E-state index contributed by atoms with van der Waals surface area (Å²) in [6.07, 6.45) is 21.0. The van der Waals surface area contributed by atoms with Crippen LogP contribution >= 0.6 is 0 Å². The Balaban J connectivity index is 1.52. The first-order valence-corrected chi connectivity index (χ1v) is 30.4. The van der Waals surface area contributed by atoms with Crippen molar-refractivity contribution in [2.24, 2.45) is 0 Å². The largest absolute Gasteiger partial charge is 0.394 e. The summed E-state index contributed by atoms with van der Waals surface area (Å²) < 4.78 is 34.2.